The summed E-state index contributed by atoms with van der Waals surface area (Å²) in [7, 11) is 0. The zero-order chi connectivity index (χ0) is 13.5. The zero-order valence-electron chi connectivity index (χ0n) is 9.85. The summed E-state index contributed by atoms with van der Waals surface area (Å²) in [5.41, 5.74) is 4.90. The van der Waals surface area contributed by atoms with Crippen molar-refractivity contribution in [2.45, 2.75) is 31.3 Å². The summed E-state index contributed by atoms with van der Waals surface area (Å²) >= 11 is 0. The van der Waals surface area contributed by atoms with Crippen molar-refractivity contribution < 1.29 is 24.2 Å². The molecule has 1 rings (SSSR count). The Morgan fingerprint density at radius 3 is 2.44 bits per heavy atom. The fourth-order valence-electron chi connectivity index (χ4n) is 1.63. The minimum atomic E-state index is -1.30. The molecule has 5 N–H and O–H groups in total. The quantitative estimate of drug-likeness (QED) is 0.492. The highest BCUT2D eigenvalue weighted by atomic mass is 16.5. The lowest BCUT2D eigenvalue weighted by Crippen LogP contribution is -2.51. The molecule has 8 heteroatoms. The first-order chi connectivity index (χ1) is 8.49. The summed E-state index contributed by atoms with van der Waals surface area (Å²) in [5, 5.41) is 13.6. The van der Waals surface area contributed by atoms with Crippen LogP contribution in [0.5, 0.6) is 0 Å². The molecule has 1 heterocycles. The van der Waals surface area contributed by atoms with E-state index in [4.69, 9.17) is 15.6 Å². The monoisotopic (exact) mass is 259 g/mol. The topological polar surface area (TPSA) is 131 Å². The Bertz CT molecular complexity index is 327. The number of aliphatic carboxylic acids is 1. The number of ether oxygens (including phenoxy) is 1. The first-order valence-electron chi connectivity index (χ1n) is 5.65. The SMILES string of the molecule is NC(=O)C[C@@H](NC(=O)NC1CCOCC1)C(=O)O. The van der Waals surface area contributed by atoms with Crippen molar-refractivity contribution in [3.05, 3.63) is 0 Å². The Morgan fingerprint density at radius 2 is 1.94 bits per heavy atom. The minimum absolute atomic E-state index is 0.0400. The standard InChI is InChI=1S/C10H17N3O5/c11-8(14)5-7(9(15)16)13-10(17)12-6-1-3-18-4-2-6/h6-7H,1-5H2,(H2,11,14)(H,15,16)(H2,12,13,17)/t7-/m1/s1. The number of urea groups is 1. The number of primary amides is 1. The molecule has 3 amide bonds. The lowest BCUT2D eigenvalue weighted by atomic mass is 10.1. The Morgan fingerprint density at radius 1 is 1.33 bits per heavy atom. The van der Waals surface area contributed by atoms with Crippen LogP contribution in [0.15, 0.2) is 0 Å². The van der Waals surface area contributed by atoms with E-state index in [9.17, 15) is 14.4 Å². The van der Waals surface area contributed by atoms with E-state index < -0.39 is 30.4 Å². The molecule has 0 saturated carbocycles. The molecule has 1 aliphatic heterocycles. The third-order valence-corrected chi connectivity index (χ3v) is 2.57. The summed E-state index contributed by atoms with van der Waals surface area (Å²) in [6, 6.07) is -1.96. The van der Waals surface area contributed by atoms with E-state index in [-0.39, 0.29) is 6.04 Å². The van der Waals surface area contributed by atoms with E-state index in [1.165, 1.54) is 0 Å². The number of nitrogens with one attached hydrogen (secondary N) is 2. The van der Waals surface area contributed by atoms with Gasteiger partial charge in [-0.1, -0.05) is 0 Å². The highest BCUT2D eigenvalue weighted by Crippen LogP contribution is 2.05. The number of carboxylic acid groups (broad SMARTS) is 1. The molecule has 1 atom stereocenters. The second kappa shape index (κ2) is 6.80. The molecule has 0 unspecified atom stereocenters. The molecule has 0 aliphatic carbocycles. The van der Waals surface area contributed by atoms with Crippen LogP contribution in [-0.4, -0.2) is 48.3 Å². The van der Waals surface area contributed by atoms with Gasteiger partial charge in [0.15, 0.2) is 0 Å². The maximum Gasteiger partial charge on any atom is 0.326 e. The molecule has 1 aliphatic rings. The third kappa shape index (κ3) is 5.00. The number of nitrogens with two attached hydrogens (primary N) is 1. The zero-order valence-corrected chi connectivity index (χ0v) is 9.85. The molecule has 1 saturated heterocycles. The van der Waals surface area contributed by atoms with Crippen LogP contribution in [0.2, 0.25) is 0 Å². The van der Waals surface area contributed by atoms with Crippen molar-refractivity contribution in [2.24, 2.45) is 5.73 Å². The molecular weight excluding hydrogens is 242 g/mol. The number of hydrogen-bond donors (Lipinski definition) is 4. The van der Waals surface area contributed by atoms with Crippen molar-refractivity contribution in [1.29, 1.82) is 0 Å². The molecule has 0 spiro atoms. The van der Waals surface area contributed by atoms with Gasteiger partial charge in [-0.15, -0.1) is 0 Å². The summed E-state index contributed by atoms with van der Waals surface area (Å²) in [6.07, 6.45) is 0.929. The predicted molar refractivity (Wildman–Crippen MR) is 60.7 cm³/mol. The maximum atomic E-state index is 11.5. The van der Waals surface area contributed by atoms with E-state index in [1.807, 2.05) is 0 Å². The van der Waals surface area contributed by atoms with E-state index in [1.54, 1.807) is 0 Å². The molecule has 0 aromatic carbocycles. The van der Waals surface area contributed by atoms with Gasteiger partial charge < -0.3 is 26.2 Å². The van der Waals surface area contributed by atoms with Gasteiger partial charge in [-0.2, -0.15) is 0 Å². The van der Waals surface area contributed by atoms with Gasteiger partial charge in [0.05, 0.1) is 6.42 Å². The predicted octanol–water partition coefficient (Wildman–Crippen LogP) is -1.21. The molecule has 102 valence electrons. The number of amides is 3. The maximum absolute atomic E-state index is 11.5. The van der Waals surface area contributed by atoms with Gasteiger partial charge in [-0.05, 0) is 12.8 Å². The average Bonchev–Trinajstić information content (AvgIpc) is 2.28. The number of rotatable bonds is 5. The summed E-state index contributed by atoms with van der Waals surface area (Å²) < 4.78 is 5.13. The van der Waals surface area contributed by atoms with Crippen LogP contribution in [0, 0.1) is 0 Å². The second-order valence-corrected chi connectivity index (χ2v) is 4.07. The van der Waals surface area contributed by atoms with Gasteiger partial charge in [0.25, 0.3) is 0 Å². The van der Waals surface area contributed by atoms with E-state index in [0.717, 1.165) is 0 Å². The fourth-order valence-corrected chi connectivity index (χ4v) is 1.63. The van der Waals surface area contributed by atoms with Crippen molar-refractivity contribution in [2.75, 3.05) is 13.2 Å². The highest BCUT2D eigenvalue weighted by Gasteiger charge is 2.23. The van der Waals surface area contributed by atoms with E-state index in [0.29, 0.717) is 26.1 Å². The summed E-state index contributed by atoms with van der Waals surface area (Å²) in [5.74, 6) is -2.08. The molecule has 0 radical (unpaired) electrons. The van der Waals surface area contributed by atoms with Crippen LogP contribution in [0.4, 0.5) is 4.79 Å². The largest absolute Gasteiger partial charge is 0.480 e. The van der Waals surface area contributed by atoms with E-state index in [2.05, 4.69) is 10.6 Å². The van der Waals surface area contributed by atoms with E-state index >= 15 is 0 Å². The van der Waals surface area contributed by atoms with Crippen LogP contribution in [-0.2, 0) is 14.3 Å². The average molecular weight is 259 g/mol. The first-order valence-corrected chi connectivity index (χ1v) is 5.65. The van der Waals surface area contributed by atoms with Crippen LogP contribution in [0.3, 0.4) is 0 Å². The molecule has 0 aromatic rings. The summed E-state index contributed by atoms with van der Waals surface area (Å²) in [4.78, 5) is 33.0. The number of carboxylic acids is 1. The van der Waals surface area contributed by atoms with Crippen LogP contribution >= 0.6 is 0 Å². The Hall–Kier alpha value is -1.83. The van der Waals surface area contributed by atoms with Crippen LogP contribution in [0.25, 0.3) is 0 Å². The lowest BCUT2D eigenvalue weighted by Gasteiger charge is -2.24. The van der Waals surface area contributed by atoms with Crippen LogP contribution in [0.1, 0.15) is 19.3 Å². The first kappa shape index (κ1) is 14.2. The Kier molecular flexibility index (Phi) is 5.37. The van der Waals surface area contributed by atoms with Gasteiger partial charge in [0, 0.05) is 19.3 Å². The normalized spacial score (nSPS) is 17.8. The molecule has 18 heavy (non-hydrogen) atoms. The third-order valence-electron chi connectivity index (χ3n) is 2.57. The van der Waals surface area contributed by atoms with Gasteiger partial charge in [-0.25, -0.2) is 9.59 Å². The summed E-state index contributed by atoms with van der Waals surface area (Å²) in [6.45, 7) is 1.13. The van der Waals surface area contributed by atoms with Gasteiger partial charge >= 0.3 is 12.0 Å². The van der Waals surface area contributed by atoms with Gasteiger partial charge in [-0.3, -0.25) is 4.79 Å². The highest BCUT2D eigenvalue weighted by molar-refractivity contribution is 5.87. The molecule has 0 aromatic heterocycles. The second-order valence-electron chi connectivity index (χ2n) is 4.07. The van der Waals surface area contributed by atoms with Crippen molar-refractivity contribution in [3.8, 4) is 0 Å². The molecule has 8 nitrogen and oxygen atoms in total. The number of carbonyl (C=O) groups is 3. The molecule has 1 fully saturated rings. The lowest BCUT2D eigenvalue weighted by molar-refractivity contribution is -0.140. The fraction of sp³-hybridized carbons (Fsp3) is 0.700. The number of carbonyl (C=O) groups excluding carboxylic acids is 2. The molecular formula is C10H17N3O5. The smallest absolute Gasteiger partial charge is 0.326 e. The van der Waals surface area contributed by atoms with Crippen molar-refractivity contribution in [3.63, 3.8) is 0 Å². The van der Waals surface area contributed by atoms with Crippen LogP contribution < -0.4 is 16.4 Å². The Labute approximate surface area is 104 Å². The molecule has 0 bridgehead atoms. The van der Waals surface area contributed by atoms with Crippen molar-refractivity contribution in [1.82, 2.24) is 10.6 Å². The van der Waals surface area contributed by atoms with Gasteiger partial charge in [0.2, 0.25) is 5.91 Å². The number of hydrogen-bond acceptors (Lipinski definition) is 4. The van der Waals surface area contributed by atoms with Gasteiger partial charge in [0.1, 0.15) is 6.04 Å². The minimum Gasteiger partial charge on any atom is -0.480 e. The van der Waals surface area contributed by atoms with Crippen molar-refractivity contribution >= 4 is 17.9 Å². The Balaban J connectivity index is 2.40.